The van der Waals surface area contributed by atoms with E-state index >= 15 is 0 Å². The molecule has 2 aromatic rings. The molecule has 0 aliphatic rings. The summed E-state index contributed by atoms with van der Waals surface area (Å²) in [6.45, 7) is 7.59. The molecule has 24 heavy (non-hydrogen) atoms. The van der Waals surface area contributed by atoms with Crippen molar-refractivity contribution in [1.82, 2.24) is 15.2 Å². The fourth-order valence-corrected chi connectivity index (χ4v) is 2.73. The maximum Gasteiger partial charge on any atom is 0.275 e. The SMILES string of the molecule is CCN(CC)CCNC(=O)c1ccc(NC(=O)c2cscn2)cc1. The summed E-state index contributed by atoms with van der Waals surface area (Å²) in [5.74, 6) is -0.368. The van der Waals surface area contributed by atoms with Crippen LogP contribution in [0.4, 0.5) is 5.69 Å². The molecule has 1 aromatic carbocycles. The van der Waals surface area contributed by atoms with Crippen LogP contribution in [0.1, 0.15) is 34.7 Å². The zero-order valence-electron chi connectivity index (χ0n) is 13.9. The second-order valence-electron chi connectivity index (χ2n) is 5.19. The van der Waals surface area contributed by atoms with Crippen molar-refractivity contribution < 1.29 is 9.59 Å². The Bertz CT molecular complexity index is 652. The van der Waals surface area contributed by atoms with E-state index in [0.29, 0.717) is 23.5 Å². The van der Waals surface area contributed by atoms with E-state index in [2.05, 4.69) is 34.4 Å². The average Bonchev–Trinajstić information content (AvgIpc) is 3.14. The molecule has 7 heteroatoms. The highest BCUT2D eigenvalue weighted by Gasteiger charge is 2.09. The molecule has 0 saturated carbocycles. The molecule has 128 valence electrons. The second-order valence-corrected chi connectivity index (χ2v) is 5.91. The summed E-state index contributed by atoms with van der Waals surface area (Å²) in [5.41, 5.74) is 3.20. The van der Waals surface area contributed by atoms with Crippen LogP contribution in [0.2, 0.25) is 0 Å². The first-order valence-electron chi connectivity index (χ1n) is 7.94. The van der Waals surface area contributed by atoms with Gasteiger partial charge in [-0.05, 0) is 37.4 Å². The Morgan fingerprint density at radius 2 is 1.83 bits per heavy atom. The highest BCUT2D eigenvalue weighted by molar-refractivity contribution is 7.07. The zero-order chi connectivity index (χ0) is 17.4. The van der Waals surface area contributed by atoms with Gasteiger partial charge in [-0.1, -0.05) is 13.8 Å². The van der Waals surface area contributed by atoms with Gasteiger partial charge in [0, 0.05) is 29.7 Å². The Morgan fingerprint density at radius 1 is 1.12 bits per heavy atom. The third kappa shape index (κ3) is 5.14. The van der Waals surface area contributed by atoms with E-state index < -0.39 is 0 Å². The molecule has 2 rings (SSSR count). The normalized spacial score (nSPS) is 10.6. The van der Waals surface area contributed by atoms with Crippen LogP contribution in [0.15, 0.2) is 35.2 Å². The van der Waals surface area contributed by atoms with E-state index in [9.17, 15) is 9.59 Å². The molecule has 0 saturated heterocycles. The van der Waals surface area contributed by atoms with Gasteiger partial charge < -0.3 is 15.5 Å². The summed E-state index contributed by atoms with van der Waals surface area (Å²) >= 11 is 1.37. The lowest BCUT2D eigenvalue weighted by atomic mass is 10.2. The van der Waals surface area contributed by atoms with Crippen molar-refractivity contribution in [3.8, 4) is 0 Å². The van der Waals surface area contributed by atoms with Crippen LogP contribution in [0.5, 0.6) is 0 Å². The van der Waals surface area contributed by atoms with Crippen LogP contribution in [-0.4, -0.2) is 47.9 Å². The van der Waals surface area contributed by atoms with E-state index in [1.807, 2.05) is 0 Å². The highest BCUT2D eigenvalue weighted by atomic mass is 32.1. The van der Waals surface area contributed by atoms with Gasteiger partial charge in [0.15, 0.2) is 0 Å². The molecule has 0 fully saturated rings. The lowest BCUT2D eigenvalue weighted by Gasteiger charge is -2.17. The minimum Gasteiger partial charge on any atom is -0.351 e. The van der Waals surface area contributed by atoms with Gasteiger partial charge in [0.2, 0.25) is 0 Å². The number of hydrogen-bond donors (Lipinski definition) is 2. The van der Waals surface area contributed by atoms with Crippen molar-refractivity contribution in [2.75, 3.05) is 31.5 Å². The Kier molecular flexibility index (Phi) is 6.89. The largest absolute Gasteiger partial charge is 0.351 e. The van der Waals surface area contributed by atoms with Crippen molar-refractivity contribution in [2.24, 2.45) is 0 Å². The average molecular weight is 346 g/mol. The van der Waals surface area contributed by atoms with E-state index in [0.717, 1.165) is 19.6 Å². The topological polar surface area (TPSA) is 74.3 Å². The monoisotopic (exact) mass is 346 g/mol. The number of rotatable bonds is 8. The fourth-order valence-electron chi connectivity index (χ4n) is 2.19. The Hall–Kier alpha value is -2.25. The van der Waals surface area contributed by atoms with Crippen LogP contribution >= 0.6 is 11.3 Å². The summed E-state index contributed by atoms with van der Waals surface area (Å²) in [7, 11) is 0. The molecule has 0 aliphatic heterocycles. The van der Waals surface area contributed by atoms with Crippen molar-refractivity contribution in [3.63, 3.8) is 0 Å². The summed E-state index contributed by atoms with van der Waals surface area (Å²) in [6.07, 6.45) is 0. The van der Waals surface area contributed by atoms with Gasteiger partial charge in [-0.2, -0.15) is 0 Å². The van der Waals surface area contributed by atoms with Crippen molar-refractivity contribution >= 4 is 28.8 Å². The lowest BCUT2D eigenvalue weighted by Crippen LogP contribution is -2.34. The number of nitrogens with one attached hydrogen (secondary N) is 2. The van der Waals surface area contributed by atoms with Crippen molar-refractivity contribution in [3.05, 3.63) is 46.4 Å². The molecule has 2 N–H and O–H groups in total. The molecular weight excluding hydrogens is 324 g/mol. The number of carbonyl (C=O) groups excluding carboxylic acids is 2. The second kappa shape index (κ2) is 9.14. The Balaban J connectivity index is 1.84. The molecule has 0 bridgehead atoms. The number of likely N-dealkylation sites (N-methyl/N-ethyl adjacent to an activating group) is 1. The Morgan fingerprint density at radius 3 is 2.42 bits per heavy atom. The first-order chi connectivity index (χ1) is 11.6. The predicted octanol–water partition coefficient (Wildman–Crippen LogP) is 2.47. The minimum atomic E-state index is -0.257. The lowest BCUT2D eigenvalue weighted by molar-refractivity contribution is 0.0948. The van der Waals surface area contributed by atoms with Gasteiger partial charge in [0.05, 0.1) is 5.51 Å². The summed E-state index contributed by atoms with van der Waals surface area (Å²) in [5, 5.41) is 7.34. The quantitative estimate of drug-likeness (QED) is 0.770. The number of thiazole rings is 1. The van der Waals surface area contributed by atoms with Crippen molar-refractivity contribution in [1.29, 1.82) is 0 Å². The van der Waals surface area contributed by atoms with Crippen LogP contribution in [0.3, 0.4) is 0 Å². The van der Waals surface area contributed by atoms with Crippen LogP contribution in [0, 0.1) is 0 Å². The minimum absolute atomic E-state index is 0.112. The van der Waals surface area contributed by atoms with Crippen LogP contribution in [-0.2, 0) is 0 Å². The maximum absolute atomic E-state index is 12.1. The number of aromatic nitrogens is 1. The molecule has 6 nitrogen and oxygen atoms in total. The smallest absolute Gasteiger partial charge is 0.275 e. The summed E-state index contributed by atoms with van der Waals surface area (Å²) in [6, 6.07) is 6.82. The van der Waals surface area contributed by atoms with E-state index in [4.69, 9.17) is 0 Å². The molecule has 0 unspecified atom stereocenters. The number of benzene rings is 1. The van der Waals surface area contributed by atoms with Crippen LogP contribution in [0.25, 0.3) is 0 Å². The zero-order valence-corrected chi connectivity index (χ0v) is 14.7. The number of amides is 2. The number of nitrogens with zero attached hydrogens (tertiary/aromatic N) is 2. The third-order valence-corrected chi connectivity index (χ3v) is 4.26. The van der Waals surface area contributed by atoms with Gasteiger partial charge in [-0.25, -0.2) is 4.98 Å². The van der Waals surface area contributed by atoms with E-state index in [-0.39, 0.29) is 11.8 Å². The van der Waals surface area contributed by atoms with E-state index in [1.54, 1.807) is 35.2 Å². The highest BCUT2D eigenvalue weighted by Crippen LogP contribution is 2.11. The molecule has 1 heterocycles. The van der Waals surface area contributed by atoms with E-state index in [1.165, 1.54) is 11.3 Å². The molecule has 0 aliphatic carbocycles. The molecule has 2 amide bonds. The number of anilines is 1. The maximum atomic E-state index is 12.1. The van der Waals surface area contributed by atoms with Gasteiger partial charge >= 0.3 is 0 Å². The summed E-state index contributed by atoms with van der Waals surface area (Å²) in [4.78, 5) is 30.2. The molecule has 0 radical (unpaired) electrons. The predicted molar refractivity (Wildman–Crippen MR) is 96.6 cm³/mol. The van der Waals surface area contributed by atoms with Crippen molar-refractivity contribution in [2.45, 2.75) is 13.8 Å². The van der Waals surface area contributed by atoms with Gasteiger partial charge in [0.1, 0.15) is 5.69 Å². The summed E-state index contributed by atoms with van der Waals surface area (Å²) < 4.78 is 0. The number of hydrogen-bond acceptors (Lipinski definition) is 5. The molecule has 1 aromatic heterocycles. The fraction of sp³-hybridized carbons (Fsp3) is 0.353. The molecule has 0 spiro atoms. The first kappa shape index (κ1) is 18.1. The van der Waals surface area contributed by atoms with Crippen LogP contribution < -0.4 is 10.6 Å². The number of carbonyl (C=O) groups is 2. The standard InChI is InChI=1S/C17H22N4O2S/c1-3-21(4-2)10-9-18-16(22)13-5-7-14(8-6-13)20-17(23)15-11-24-12-19-15/h5-8,11-12H,3-4,9-10H2,1-2H3,(H,18,22)(H,20,23). The van der Waals surface area contributed by atoms with Gasteiger partial charge in [-0.15, -0.1) is 11.3 Å². The first-order valence-corrected chi connectivity index (χ1v) is 8.88. The molecular formula is C17H22N4O2S. The van der Waals surface area contributed by atoms with Gasteiger partial charge in [-0.3, -0.25) is 9.59 Å². The molecule has 0 atom stereocenters. The Labute approximate surface area is 145 Å². The van der Waals surface area contributed by atoms with Gasteiger partial charge in [0.25, 0.3) is 11.8 Å². The third-order valence-electron chi connectivity index (χ3n) is 3.68.